The van der Waals surface area contributed by atoms with Crippen LogP contribution in [0.15, 0.2) is 72.9 Å². The molecule has 1 saturated heterocycles. The van der Waals surface area contributed by atoms with Gasteiger partial charge in [-0.1, -0.05) is 53.5 Å². The third-order valence-electron chi connectivity index (χ3n) is 5.82. The molecule has 2 heterocycles. The van der Waals surface area contributed by atoms with E-state index in [0.29, 0.717) is 6.04 Å². The van der Waals surface area contributed by atoms with Gasteiger partial charge < -0.3 is 10.6 Å². The molecule has 156 valence electrons. The number of aromatic nitrogens is 2. The predicted octanol–water partition coefficient (Wildman–Crippen LogP) is 5.89. The molecule has 0 bridgehead atoms. The number of hydrogen-bond donors (Lipinski definition) is 2. The predicted molar refractivity (Wildman–Crippen MR) is 128 cm³/mol. The fourth-order valence-corrected chi connectivity index (χ4v) is 4.51. The van der Waals surface area contributed by atoms with Crippen molar-refractivity contribution in [2.75, 3.05) is 18.4 Å². The Kier molecular flexibility index (Phi) is 5.77. The van der Waals surface area contributed by atoms with Crippen LogP contribution in [0.25, 0.3) is 10.9 Å². The maximum Gasteiger partial charge on any atom is 0.0950 e. The second-order valence-electron chi connectivity index (χ2n) is 7.91. The van der Waals surface area contributed by atoms with Gasteiger partial charge in [0.1, 0.15) is 0 Å². The van der Waals surface area contributed by atoms with Gasteiger partial charge in [-0.15, -0.1) is 0 Å². The van der Waals surface area contributed by atoms with E-state index in [1.807, 2.05) is 30.5 Å². The van der Waals surface area contributed by atoms with Crippen LogP contribution in [0.2, 0.25) is 10.0 Å². The van der Waals surface area contributed by atoms with Gasteiger partial charge >= 0.3 is 0 Å². The topological polar surface area (TPSA) is 49.8 Å². The third-order valence-corrected chi connectivity index (χ3v) is 6.33. The first kappa shape index (κ1) is 20.3. The summed E-state index contributed by atoms with van der Waals surface area (Å²) < 4.78 is 0. The molecule has 1 unspecified atom stereocenters. The quantitative estimate of drug-likeness (QED) is 0.373. The molecule has 4 nitrogen and oxygen atoms in total. The van der Waals surface area contributed by atoms with Crippen LogP contribution in [0.3, 0.4) is 0 Å². The van der Waals surface area contributed by atoms with Gasteiger partial charge in [0.25, 0.3) is 0 Å². The first-order valence-corrected chi connectivity index (χ1v) is 11.2. The van der Waals surface area contributed by atoms with E-state index in [2.05, 4.69) is 63.3 Å². The molecule has 2 N–H and O–H groups in total. The highest BCUT2D eigenvalue weighted by Crippen LogP contribution is 2.35. The molecular weight excluding hydrogens is 427 g/mol. The van der Waals surface area contributed by atoms with E-state index in [1.165, 1.54) is 16.7 Å². The van der Waals surface area contributed by atoms with Crippen LogP contribution in [-0.2, 0) is 0 Å². The molecule has 0 spiro atoms. The molecule has 0 saturated carbocycles. The molecule has 0 radical (unpaired) electrons. The summed E-state index contributed by atoms with van der Waals surface area (Å²) in [4.78, 5) is 0. The summed E-state index contributed by atoms with van der Waals surface area (Å²) >= 11 is 12.3. The Morgan fingerprint density at radius 3 is 2.13 bits per heavy atom. The zero-order chi connectivity index (χ0) is 21.2. The molecule has 0 amide bonds. The van der Waals surface area contributed by atoms with Crippen molar-refractivity contribution in [3.05, 3.63) is 99.7 Å². The summed E-state index contributed by atoms with van der Waals surface area (Å²) in [6.07, 6.45) is 2.92. The number of benzene rings is 3. The number of halogens is 2. The molecular formula is C25H22Cl2N4. The fraction of sp³-hybridized carbons (Fsp3) is 0.200. The van der Waals surface area contributed by atoms with E-state index >= 15 is 0 Å². The van der Waals surface area contributed by atoms with E-state index in [-0.39, 0.29) is 5.92 Å². The fourth-order valence-electron chi connectivity index (χ4n) is 4.26. The van der Waals surface area contributed by atoms with Gasteiger partial charge in [0.05, 0.1) is 17.4 Å². The van der Waals surface area contributed by atoms with E-state index in [1.54, 1.807) is 0 Å². The van der Waals surface area contributed by atoms with Crippen LogP contribution in [0.4, 0.5) is 5.69 Å². The molecule has 1 aliphatic rings. The number of nitrogens with zero attached hydrogens (tertiary/aromatic N) is 2. The number of hydrogen-bond acceptors (Lipinski definition) is 4. The lowest BCUT2D eigenvalue weighted by Gasteiger charge is -2.21. The zero-order valence-corrected chi connectivity index (χ0v) is 18.4. The smallest absolute Gasteiger partial charge is 0.0950 e. The molecule has 0 aliphatic carbocycles. The Labute approximate surface area is 191 Å². The largest absolute Gasteiger partial charge is 0.379 e. The van der Waals surface area contributed by atoms with Crippen LogP contribution < -0.4 is 10.6 Å². The van der Waals surface area contributed by atoms with Crippen molar-refractivity contribution in [1.29, 1.82) is 0 Å². The van der Waals surface area contributed by atoms with E-state index in [9.17, 15) is 0 Å². The van der Waals surface area contributed by atoms with Gasteiger partial charge in [-0.25, -0.2) is 0 Å². The van der Waals surface area contributed by atoms with Crippen molar-refractivity contribution in [3.63, 3.8) is 0 Å². The SMILES string of the molecule is Clc1ccc(C(c2ccc(Cl)cc2)c2ccc3nncc(NC4CCNC4)c3c2)cc1. The summed E-state index contributed by atoms with van der Waals surface area (Å²) in [6.45, 7) is 2.00. The first-order valence-electron chi connectivity index (χ1n) is 10.4. The molecule has 3 aromatic carbocycles. The van der Waals surface area contributed by atoms with Crippen molar-refractivity contribution in [3.8, 4) is 0 Å². The monoisotopic (exact) mass is 448 g/mol. The molecule has 6 heteroatoms. The highest BCUT2D eigenvalue weighted by molar-refractivity contribution is 6.30. The third kappa shape index (κ3) is 4.38. The van der Waals surface area contributed by atoms with Gasteiger partial charge in [-0.2, -0.15) is 10.2 Å². The summed E-state index contributed by atoms with van der Waals surface area (Å²) in [6, 6.07) is 22.9. The molecule has 5 rings (SSSR count). The highest BCUT2D eigenvalue weighted by Gasteiger charge is 2.20. The van der Waals surface area contributed by atoms with Gasteiger partial charge in [0.15, 0.2) is 0 Å². The second kappa shape index (κ2) is 8.83. The molecule has 1 aliphatic heterocycles. The molecule has 31 heavy (non-hydrogen) atoms. The number of anilines is 1. The van der Waals surface area contributed by atoms with Gasteiger partial charge in [0, 0.05) is 33.9 Å². The molecule has 1 atom stereocenters. The first-order chi connectivity index (χ1) is 15.2. The summed E-state index contributed by atoms with van der Waals surface area (Å²) in [5.74, 6) is 0.0492. The Hall–Kier alpha value is -2.66. The Balaban J connectivity index is 1.62. The average molecular weight is 449 g/mol. The van der Waals surface area contributed by atoms with Crippen LogP contribution >= 0.6 is 23.2 Å². The lowest BCUT2D eigenvalue weighted by atomic mass is 9.84. The van der Waals surface area contributed by atoms with E-state index < -0.39 is 0 Å². The minimum absolute atomic E-state index is 0.0492. The lowest BCUT2D eigenvalue weighted by molar-refractivity contribution is 0.793. The van der Waals surface area contributed by atoms with E-state index in [4.69, 9.17) is 23.2 Å². The summed E-state index contributed by atoms with van der Waals surface area (Å²) in [5, 5.41) is 18.1. The van der Waals surface area contributed by atoms with Gasteiger partial charge in [0.2, 0.25) is 0 Å². The lowest BCUT2D eigenvalue weighted by Crippen LogP contribution is -2.22. The van der Waals surface area contributed by atoms with E-state index in [0.717, 1.165) is 46.1 Å². The average Bonchev–Trinajstić information content (AvgIpc) is 3.30. The Morgan fingerprint density at radius 1 is 0.871 bits per heavy atom. The summed E-state index contributed by atoms with van der Waals surface area (Å²) in [7, 11) is 0. The zero-order valence-electron chi connectivity index (χ0n) is 16.9. The summed E-state index contributed by atoms with van der Waals surface area (Å²) in [5.41, 5.74) is 5.42. The van der Waals surface area contributed by atoms with Crippen LogP contribution in [0.1, 0.15) is 29.0 Å². The van der Waals surface area contributed by atoms with Crippen LogP contribution in [-0.4, -0.2) is 29.3 Å². The Morgan fingerprint density at radius 2 is 1.52 bits per heavy atom. The maximum absolute atomic E-state index is 6.16. The van der Waals surface area contributed by atoms with Crippen molar-refractivity contribution in [2.45, 2.75) is 18.4 Å². The number of nitrogens with one attached hydrogen (secondary N) is 2. The second-order valence-corrected chi connectivity index (χ2v) is 8.78. The maximum atomic E-state index is 6.16. The molecule has 1 aromatic heterocycles. The van der Waals surface area contributed by atoms with Crippen LogP contribution in [0, 0.1) is 0 Å². The standard InChI is InChI=1S/C25H22Cl2N4/c26-19-6-1-16(2-7-19)25(17-3-8-20(27)9-4-17)18-5-10-23-22(13-18)24(15-29-31-23)30-21-11-12-28-14-21/h1-10,13,15,21,25,28H,11-12,14H2,(H,30,31). The number of fused-ring (bicyclic) bond motifs is 1. The molecule has 4 aromatic rings. The highest BCUT2D eigenvalue weighted by atomic mass is 35.5. The normalized spacial score (nSPS) is 16.2. The molecule has 1 fully saturated rings. The van der Waals surface area contributed by atoms with Crippen molar-refractivity contribution in [1.82, 2.24) is 15.5 Å². The van der Waals surface area contributed by atoms with Gasteiger partial charge in [-0.3, -0.25) is 0 Å². The van der Waals surface area contributed by atoms with Crippen LogP contribution in [0.5, 0.6) is 0 Å². The van der Waals surface area contributed by atoms with Crippen molar-refractivity contribution >= 4 is 39.8 Å². The van der Waals surface area contributed by atoms with Crippen molar-refractivity contribution in [2.24, 2.45) is 0 Å². The minimum Gasteiger partial charge on any atom is -0.379 e. The minimum atomic E-state index is 0.0492. The van der Waals surface area contributed by atoms with Crippen molar-refractivity contribution < 1.29 is 0 Å². The van der Waals surface area contributed by atoms with Gasteiger partial charge in [-0.05, 0) is 66.1 Å². The Bertz CT molecular complexity index is 1140. The number of rotatable bonds is 5.